The van der Waals surface area contributed by atoms with Crippen LogP contribution in [0.5, 0.6) is 11.5 Å². The highest BCUT2D eigenvalue weighted by Gasteiger charge is 2.29. The number of phenols is 2. The maximum Gasteiger partial charge on any atom is 0.272 e. The number of hydrogen-bond acceptors (Lipinski definition) is 27. The molecule has 49 heteroatoms. The summed E-state index contributed by atoms with van der Waals surface area (Å²) in [4.78, 5) is 50.4. The third-order valence-electron chi connectivity index (χ3n) is 14.9. The molecule has 0 saturated carbocycles. The van der Waals surface area contributed by atoms with Crippen molar-refractivity contribution in [2.75, 3.05) is 58.2 Å². The minimum atomic E-state index is -5.28. The molecule has 616 valence electrons. The van der Waals surface area contributed by atoms with Gasteiger partial charge in [-0.2, -0.15) is 10.2 Å². The third kappa shape index (κ3) is 28.9. The minimum Gasteiger partial charge on any atom is -0.744 e. The number of amides is 4. The van der Waals surface area contributed by atoms with Crippen LogP contribution in [0.1, 0.15) is 33.4 Å². The molecule has 0 heterocycles. The lowest BCUT2D eigenvalue weighted by Gasteiger charge is -2.19. The second-order valence-electron chi connectivity index (χ2n) is 23.3. The molecule has 8 aromatic rings. The Morgan fingerprint density at radius 2 is 0.667 bits per heavy atom. The van der Waals surface area contributed by atoms with Crippen molar-refractivity contribution in [3.8, 4) is 11.5 Å². The number of anilines is 6. The molecule has 2 unspecified atom stereocenters. The summed E-state index contributed by atoms with van der Waals surface area (Å²) in [5.41, 5.74) is 14.1. The maximum atomic E-state index is 13.5. The van der Waals surface area contributed by atoms with Crippen LogP contribution in [0, 0.1) is 0 Å². The summed E-state index contributed by atoms with van der Waals surface area (Å²) >= 11 is 46.0. The zero-order valence-electron chi connectivity index (χ0n) is 58.6. The smallest absolute Gasteiger partial charge is 0.272 e. The van der Waals surface area contributed by atoms with Gasteiger partial charge in [-0.1, -0.05) is 71.8 Å². The molecule has 0 aromatic heterocycles. The summed E-state index contributed by atoms with van der Waals surface area (Å²) in [6.45, 7) is 0.237. The molecule has 35 nitrogen and oxygen atoms in total. The molecule has 0 radical (unpaired) electrons. The van der Waals surface area contributed by atoms with Crippen molar-refractivity contribution in [3.63, 3.8) is 0 Å². The number of carbonyl (C=O) groups excluding carboxylic acids is 4. The Morgan fingerprint density at radius 1 is 0.402 bits per heavy atom. The highest BCUT2D eigenvalue weighted by Crippen LogP contribution is 2.35. The van der Waals surface area contributed by atoms with Gasteiger partial charge in [-0.05, 0) is 267 Å². The molecular formula is C68H56Br4Cl2N16O19S8-4. The van der Waals surface area contributed by atoms with Gasteiger partial charge in [0.2, 0.25) is 0 Å². The Balaban J connectivity index is 0.789. The van der Waals surface area contributed by atoms with Gasteiger partial charge in [0.25, 0.3) is 23.6 Å². The van der Waals surface area contributed by atoms with Crippen LogP contribution in [0.4, 0.5) is 34.1 Å². The molecule has 0 aliphatic rings. The zero-order chi connectivity index (χ0) is 85.7. The molecule has 117 heavy (non-hydrogen) atoms. The van der Waals surface area contributed by atoms with Gasteiger partial charge in [0.15, 0.2) is 32.5 Å². The number of benzene rings is 8. The van der Waals surface area contributed by atoms with Crippen molar-refractivity contribution in [2.45, 2.75) is 31.7 Å². The first-order valence-corrected chi connectivity index (χ1v) is 43.5. The second kappa shape index (κ2) is 42.3. The van der Waals surface area contributed by atoms with Gasteiger partial charge in [0, 0.05) is 57.3 Å². The monoisotopic (exact) mass is 2040 g/mol. The van der Waals surface area contributed by atoms with Gasteiger partial charge in [0.1, 0.15) is 52.0 Å². The van der Waals surface area contributed by atoms with Crippen LogP contribution < -0.4 is 75.1 Å². The summed E-state index contributed by atoms with van der Waals surface area (Å²) in [7, 11) is -21.0. The zero-order valence-corrected chi connectivity index (χ0v) is 73.0. The lowest BCUT2D eigenvalue weighted by Crippen LogP contribution is -2.54. The quantitative estimate of drug-likeness (QED) is 0.00381. The van der Waals surface area contributed by atoms with E-state index >= 15 is 0 Å². The Morgan fingerprint density at radius 3 is 0.940 bits per heavy atom. The first kappa shape index (κ1) is 93.0. The number of ether oxygens (including phenoxy) is 1. The molecule has 0 spiro atoms. The molecule has 8 aromatic carbocycles. The Labute approximate surface area is 731 Å². The number of rotatable bonds is 30. The van der Waals surface area contributed by atoms with E-state index in [-0.39, 0.29) is 115 Å². The summed E-state index contributed by atoms with van der Waals surface area (Å²) < 4.78 is 158. The van der Waals surface area contributed by atoms with E-state index in [0.717, 1.165) is 60.7 Å². The Bertz CT molecular complexity index is 5420. The van der Waals surface area contributed by atoms with Crippen molar-refractivity contribution >= 4 is 291 Å². The van der Waals surface area contributed by atoms with Crippen molar-refractivity contribution in [1.82, 2.24) is 43.2 Å². The normalized spacial score (nSPS) is 12.3. The molecule has 0 bridgehead atoms. The number of phenolic OH excluding ortho intramolecular Hbond substituents is 2. The molecule has 2 atom stereocenters. The predicted molar refractivity (Wildman–Crippen MR) is 466 cm³/mol. The fourth-order valence-electron chi connectivity index (χ4n) is 9.57. The summed E-state index contributed by atoms with van der Waals surface area (Å²) in [6.07, 6.45) is 6.77. The standard InChI is InChI=1S/C68H60Br4Cl2N16O19S8/c69-49-25-35(26-50(70)59(49)91)33-77-85-61(93)57(79-43-17-9-41(73)10-18-43)63(95)87-89-67(112)83-47-15-7-39(55(31-47)116(103,104)105)3-1-37-5-13-45(29-53(37)114(97,98)99)81-65(110)75-21-23-109-24-22-76-66(111)82-46-14-6-38(54(30-46)115(100,101)102)2-4-40-8-16-48(32-56(40)117(106,107)108)84-68(113)90-88-64(96)58(80-44-19-11-42(74)12-20-44)62(94)86-78-34-36-27-51(71)60(92)52(72)28-36/h1-20,25-34,57-58,79-80,91-92H,21-24H2,(H,85,93)(H,86,94)(H,87,95)(H,88,96)(H2,75,81,110)(H2,76,82,111)(H2,83,89,112)(H2,84,90,113)(H,97,98,99)(H,100,101,102)(H,103,104,105)(H,106,107,108)/p-4/b3-1+,4-2+,77-33+,78-34+. The number of nitrogens with one attached hydrogen (secondary N) is 14. The van der Waals surface area contributed by atoms with E-state index in [1.54, 1.807) is 0 Å². The lowest BCUT2D eigenvalue weighted by atomic mass is 10.1. The third-order valence-corrected chi connectivity index (χ3v) is 22.3. The molecule has 0 fully saturated rings. The van der Waals surface area contributed by atoms with Gasteiger partial charge >= 0.3 is 0 Å². The average molecular weight is 2050 g/mol. The Kier molecular flexibility index (Phi) is 33.6. The highest BCUT2D eigenvalue weighted by atomic mass is 79.9. The van der Waals surface area contributed by atoms with Crippen LogP contribution in [0.25, 0.3) is 24.3 Å². The van der Waals surface area contributed by atoms with Crippen LogP contribution in [0.15, 0.2) is 193 Å². The van der Waals surface area contributed by atoms with E-state index in [2.05, 4.69) is 149 Å². The Hall–Kier alpha value is -9.48. The molecule has 8 rings (SSSR count). The summed E-state index contributed by atoms with van der Waals surface area (Å²) in [5.74, 6) is -4.06. The van der Waals surface area contributed by atoms with Gasteiger partial charge in [-0.25, -0.2) is 44.5 Å². The van der Waals surface area contributed by atoms with E-state index in [1.807, 2.05) is 0 Å². The van der Waals surface area contributed by atoms with E-state index in [0.29, 0.717) is 39.1 Å². The molecule has 0 aliphatic heterocycles. The van der Waals surface area contributed by atoms with Crippen molar-refractivity contribution in [3.05, 3.63) is 207 Å². The summed E-state index contributed by atoms with van der Waals surface area (Å²) in [5, 5.41) is 49.5. The lowest BCUT2D eigenvalue weighted by molar-refractivity contribution is -0.132. The van der Waals surface area contributed by atoms with Gasteiger partial charge < -0.3 is 75.7 Å². The van der Waals surface area contributed by atoms with Crippen LogP contribution in [0.3, 0.4) is 0 Å². The minimum absolute atomic E-state index is 0.0283. The fraction of sp³-hybridized carbons (Fsp3) is 0.0882. The van der Waals surface area contributed by atoms with Crippen molar-refractivity contribution in [2.24, 2.45) is 10.2 Å². The molecule has 16 N–H and O–H groups in total. The molecule has 0 aliphatic carbocycles. The summed E-state index contributed by atoms with van der Waals surface area (Å²) in [6, 6.07) is 28.3. The van der Waals surface area contributed by atoms with E-state index in [9.17, 15) is 81.3 Å². The number of hydrogen-bond donors (Lipinski definition) is 16. The van der Waals surface area contributed by atoms with E-state index in [4.69, 9.17) is 76.8 Å². The number of hydrazine groups is 2. The van der Waals surface area contributed by atoms with Crippen molar-refractivity contribution < 1.29 is 86.0 Å². The predicted octanol–water partition coefficient (Wildman–Crippen LogP) is 8.60. The van der Waals surface area contributed by atoms with E-state index < -0.39 is 95.8 Å². The second-order valence-corrected chi connectivity index (χ2v) is 34.6. The van der Waals surface area contributed by atoms with Crippen LogP contribution in [-0.4, -0.2) is 157 Å². The van der Waals surface area contributed by atoms with Crippen molar-refractivity contribution in [1.29, 1.82) is 0 Å². The highest BCUT2D eigenvalue weighted by molar-refractivity contribution is 9.11. The number of hydrazone groups is 2. The first-order chi connectivity index (χ1) is 55.1. The van der Waals surface area contributed by atoms with E-state index in [1.165, 1.54) is 122 Å². The molecule has 0 saturated heterocycles. The first-order valence-electron chi connectivity index (χ1n) is 32.3. The topological polar surface area (TPSA) is 540 Å². The SMILES string of the molecule is O=C(N/N=C/c1cc(Br)c(O)c(Br)c1)C(Nc1ccc(Cl)cc1)C(=O)NNC(=S)Nc1ccc(/C=C/c2ccc(NC(=S)NCCOCCNC(=S)Nc3ccc(/C=C/c4ccc(NC(=S)NNC(=O)C(Nc5ccc(Cl)cc5)C(=O)N/N=C/c5cc(Br)c(O)c(Br)c5)cc4S(=O)(=O)[O-])c(S(=O)(=O)[O-])c3)cc2S(=O)(=O)[O-])c(S(=O)(=O)[O-])c1. The largest absolute Gasteiger partial charge is 0.744 e. The number of halogens is 6. The number of aromatic hydroxyl groups is 2. The average Bonchev–Trinajstić information content (AvgIpc) is 0.763. The number of nitrogens with zero attached hydrogens (tertiary/aromatic N) is 2. The van der Waals surface area contributed by atoms with Crippen LogP contribution in [0.2, 0.25) is 10.0 Å². The van der Waals surface area contributed by atoms with Gasteiger partial charge in [-0.3, -0.25) is 40.9 Å². The van der Waals surface area contributed by atoms with Crippen LogP contribution >= 0.6 is 136 Å². The van der Waals surface area contributed by atoms with Crippen LogP contribution in [-0.2, 0) is 64.4 Å². The molecule has 4 amide bonds. The van der Waals surface area contributed by atoms with Gasteiger partial charge in [-0.15, -0.1) is 0 Å². The fourth-order valence-corrected chi connectivity index (χ4v) is 15.8. The number of carbonyl (C=O) groups is 4. The number of thiocarbonyl (C=S) groups is 4. The van der Waals surface area contributed by atoms with Gasteiger partial charge in [0.05, 0.1) is 63.1 Å². The maximum absolute atomic E-state index is 13.5. The molecular weight excluding hydrogens is 1990 g/mol.